The van der Waals surface area contributed by atoms with Gasteiger partial charge in [-0.1, -0.05) is 0 Å². The van der Waals surface area contributed by atoms with Crippen LogP contribution in [-0.2, 0) is 4.79 Å². The van der Waals surface area contributed by atoms with Gasteiger partial charge in [-0.2, -0.15) is 0 Å². The molecular formula is C10H9BrFNO3. The highest BCUT2D eigenvalue weighted by Gasteiger charge is 2.15. The van der Waals surface area contributed by atoms with Crippen molar-refractivity contribution in [1.29, 1.82) is 0 Å². The summed E-state index contributed by atoms with van der Waals surface area (Å²) < 4.78 is 13.0. The molecule has 0 aromatic heterocycles. The minimum Gasteiger partial charge on any atom is -0.480 e. The second-order valence-corrected chi connectivity index (χ2v) is 4.02. The quantitative estimate of drug-likeness (QED) is 0.892. The van der Waals surface area contributed by atoms with Crippen molar-refractivity contribution in [3.63, 3.8) is 0 Å². The van der Waals surface area contributed by atoms with Gasteiger partial charge in [-0.05, 0) is 41.1 Å². The van der Waals surface area contributed by atoms with Gasteiger partial charge in [0.2, 0.25) is 0 Å². The van der Waals surface area contributed by atoms with Crippen LogP contribution in [0.1, 0.15) is 17.3 Å². The Morgan fingerprint density at radius 3 is 2.62 bits per heavy atom. The molecule has 0 aliphatic heterocycles. The Morgan fingerprint density at radius 1 is 1.50 bits per heavy atom. The number of nitrogens with one attached hydrogen (secondary N) is 1. The van der Waals surface area contributed by atoms with E-state index >= 15 is 0 Å². The zero-order chi connectivity index (χ0) is 12.3. The SMILES string of the molecule is C[C@H](NC(=O)c1ccc(F)c(Br)c1)C(=O)O. The first-order chi connectivity index (χ1) is 7.41. The van der Waals surface area contributed by atoms with E-state index in [2.05, 4.69) is 21.2 Å². The van der Waals surface area contributed by atoms with Crippen LogP contribution in [0.25, 0.3) is 0 Å². The molecule has 2 N–H and O–H groups in total. The molecule has 0 aliphatic rings. The van der Waals surface area contributed by atoms with Gasteiger partial charge in [-0.3, -0.25) is 9.59 Å². The number of amides is 1. The zero-order valence-electron chi connectivity index (χ0n) is 8.33. The summed E-state index contributed by atoms with van der Waals surface area (Å²) in [5.41, 5.74) is 0.196. The summed E-state index contributed by atoms with van der Waals surface area (Å²) in [4.78, 5) is 22.0. The fraction of sp³-hybridized carbons (Fsp3) is 0.200. The molecule has 0 fully saturated rings. The lowest BCUT2D eigenvalue weighted by Crippen LogP contribution is -2.38. The lowest BCUT2D eigenvalue weighted by atomic mass is 10.2. The average molecular weight is 290 g/mol. The van der Waals surface area contributed by atoms with Gasteiger partial charge in [-0.25, -0.2) is 4.39 Å². The van der Waals surface area contributed by atoms with E-state index in [0.29, 0.717) is 0 Å². The zero-order valence-corrected chi connectivity index (χ0v) is 9.92. The highest BCUT2D eigenvalue weighted by atomic mass is 79.9. The van der Waals surface area contributed by atoms with Crippen molar-refractivity contribution in [1.82, 2.24) is 5.32 Å². The molecule has 1 aromatic rings. The van der Waals surface area contributed by atoms with Gasteiger partial charge in [0.1, 0.15) is 11.9 Å². The fourth-order valence-corrected chi connectivity index (χ4v) is 1.36. The number of carbonyl (C=O) groups excluding carboxylic acids is 1. The summed E-state index contributed by atoms with van der Waals surface area (Å²) in [6, 6.07) is 2.71. The van der Waals surface area contributed by atoms with Crippen LogP contribution in [-0.4, -0.2) is 23.0 Å². The van der Waals surface area contributed by atoms with Crippen molar-refractivity contribution >= 4 is 27.8 Å². The Balaban J connectivity index is 2.81. The minimum absolute atomic E-state index is 0.156. The Kier molecular flexibility index (Phi) is 4.00. The molecule has 0 spiro atoms. The first-order valence-electron chi connectivity index (χ1n) is 4.40. The van der Waals surface area contributed by atoms with Gasteiger partial charge < -0.3 is 10.4 Å². The molecule has 0 unspecified atom stereocenters. The summed E-state index contributed by atoms with van der Waals surface area (Å²) in [7, 11) is 0. The van der Waals surface area contributed by atoms with E-state index in [1.807, 2.05) is 0 Å². The lowest BCUT2D eigenvalue weighted by molar-refractivity contribution is -0.138. The topological polar surface area (TPSA) is 66.4 Å². The van der Waals surface area contributed by atoms with Crippen LogP contribution in [0.2, 0.25) is 0 Å². The third-order valence-electron chi connectivity index (χ3n) is 1.90. The van der Waals surface area contributed by atoms with Gasteiger partial charge in [0.15, 0.2) is 0 Å². The first-order valence-corrected chi connectivity index (χ1v) is 5.20. The van der Waals surface area contributed by atoms with Crippen LogP contribution < -0.4 is 5.32 Å². The molecule has 86 valence electrons. The molecule has 0 saturated heterocycles. The van der Waals surface area contributed by atoms with Crippen molar-refractivity contribution in [2.75, 3.05) is 0 Å². The second kappa shape index (κ2) is 5.07. The van der Waals surface area contributed by atoms with Crippen LogP contribution in [0.5, 0.6) is 0 Å². The van der Waals surface area contributed by atoms with Crippen molar-refractivity contribution in [3.05, 3.63) is 34.1 Å². The number of carbonyl (C=O) groups is 2. The van der Waals surface area contributed by atoms with E-state index in [4.69, 9.17) is 5.11 Å². The maximum atomic E-state index is 12.9. The van der Waals surface area contributed by atoms with Crippen LogP contribution >= 0.6 is 15.9 Å². The maximum Gasteiger partial charge on any atom is 0.325 e. The molecule has 1 amide bonds. The third kappa shape index (κ3) is 3.03. The van der Waals surface area contributed by atoms with Crippen LogP contribution in [0.3, 0.4) is 0 Å². The van der Waals surface area contributed by atoms with E-state index < -0.39 is 23.7 Å². The number of hydrogen-bond donors (Lipinski definition) is 2. The molecule has 1 rings (SSSR count). The minimum atomic E-state index is -1.13. The van der Waals surface area contributed by atoms with Gasteiger partial charge in [0.05, 0.1) is 4.47 Å². The predicted octanol–water partition coefficient (Wildman–Crippen LogP) is 1.79. The summed E-state index contributed by atoms with van der Waals surface area (Å²) >= 11 is 2.94. The molecule has 0 bridgehead atoms. The van der Waals surface area contributed by atoms with Gasteiger partial charge in [0.25, 0.3) is 5.91 Å². The Morgan fingerprint density at radius 2 is 2.12 bits per heavy atom. The van der Waals surface area contributed by atoms with Crippen molar-refractivity contribution in [2.24, 2.45) is 0 Å². The van der Waals surface area contributed by atoms with Crippen molar-refractivity contribution in [2.45, 2.75) is 13.0 Å². The number of hydrogen-bond acceptors (Lipinski definition) is 2. The number of benzene rings is 1. The van der Waals surface area contributed by atoms with Crippen LogP contribution in [0.15, 0.2) is 22.7 Å². The second-order valence-electron chi connectivity index (χ2n) is 3.16. The molecular weight excluding hydrogens is 281 g/mol. The summed E-state index contributed by atoms with van der Waals surface area (Å²) in [5, 5.41) is 10.9. The van der Waals surface area contributed by atoms with Crippen LogP contribution in [0.4, 0.5) is 4.39 Å². The number of rotatable bonds is 3. The van der Waals surface area contributed by atoms with Crippen LogP contribution in [0, 0.1) is 5.82 Å². The standard InChI is InChI=1S/C10H9BrFNO3/c1-5(10(15)16)13-9(14)6-2-3-8(12)7(11)4-6/h2-5H,1H3,(H,13,14)(H,15,16)/t5-/m0/s1. The normalized spacial score (nSPS) is 11.9. The van der Waals surface area contributed by atoms with E-state index in [1.54, 1.807) is 0 Å². The third-order valence-corrected chi connectivity index (χ3v) is 2.51. The average Bonchev–Trinajstić information content (AvgIpc) is 2.21. The van der Waals surface area contributed by atoms with E-state index in [-0.39, 0.29) is 10.0 Å². The highest BCUT2D eigenvalue weighted by Crippen LogP contribution is 2.16. The molecule has 1 atom stereocenters. The predicted molar refractivity (Wildman–Crippen MR) is 58.7 cm³/mol. The Labute approximate surface area is 99.6 Å². The molecule has 16 heavy (non-hydrogen) atoms. The molecule has 6 heteroatoms. The summed E-state index contributed by atoms with van der Waals surface area (Å²) in [6.07, 6.45) is 0. The number of carboxylic acid groups (broad SMARTS) is 1. The summed E-state index contributed by atoms with van der Waals surface area (Å²) in [5.74, 6) is -2.17. The molecule has 0 heterocycles. The molecule has 4 nitrogen and oxygen atoms in total. The monoisotopic (exact) mass is 289 g/mol. The van der Waals surface area contributed by atoms with E-state index in [1.165, 1.54) is 19.1 Å². The van der Waals surface area contributed by atoms with Crippen molar-refractivity contribution < 1.29 is 19.1 Å². The molecule has 0 saturated carbocycles. The van der Waals surface area contributed by atoms with Crippen molar-refractivity contribution in [3.8, 4) is 0 Å². The number of aliphatic carboxylic acids is 1. The van der Waals surface area contributed by atoms with Gasteiger partial charge in [0, 0.05) is 5.56 Å². The largest absolute Gasteiger partial charge is 0.480 e. The molecule has 0 aliphatic carbocycles. The highest BCUT2D eigenvalue weighted by molar-refractivity contribution is 9.10. The van der Waals surface area contributed by atoms with E-state index in [0.717, 1.165) is 6.07 Å². The Bertz CT molecular complexity index is 436. The van der Waals surface area contributed by atoms with Gasteiger partial charge in [-0.15, -0.1) is 0 Å². The summed E-state index contributed by atoms with van der Waals surface area (Å²) in [6.45, 7) is 1.35. The molecule has 1 aromatic carbocycles. The van der Waals surface area contributed by atoms with E-state index in [9.17, 15) is 14.0 Å². The number of carboxylic acids is 1. The lowest BCUT2D eigenvalue weighted by Gasteiger charge is -2.09. The maximum absolute atomic E-state index is 12.9. The fourth-order valence-electron chi connectivity index (χ4n) is 0.979. The first kappa shape index (κ1) is 12.6. The number of halogens is 2. The molecule has 0 radical (unpaired) electrons. The smallest absolute Gasteiger partial charge is 0.325 e. The van der Waals surface area contributed by atoms with Gasteiger partial charge >= 0.3 is 5.97 Å². The Hall–Kier alpha value is -1.43.